The van der Waals surface area contributed by atoms with E-state index in [9.17, 15) is 13.0 Å². The molecule has 0 heterocycles. The molecule has 1 N–H and O–H groups in total. The summed E-state index contributed by atoms with van der Waals surface area (Å²) in [7, 11) is -4.17. The van der Waals surface area contributed by atoms with Gasteiger partial charge in [0.1, 0.15) is 0 Å². The molecule has 0 aliphatic rings. The van der Waals surface area contributed by atoms with E-state index < -0.39 is 15.4 Å². The van der Waals surface area contributed by atoms with Crippen LogP contribution in [0.5, 0.6) is 0 Å². The van der Waals surface area contributed by atoms with Gasteiger partial charge in [-0.2, -0.15) is 0 Å². The quantitative estimate of drug-likeness (QED) is 0.173. The molecule has 1 atom stereocenters. The van der Waals surface area contributed by atoms with Crippen LogP contribution in [0.25, 0.3) is 0 Å². The predicted molar refractivity (Wildman–Crippen MR) is 114 cm³/mol. The largest absolute Gasteiger partial charge is 1.00 e. The molecule has 0 aromatic carbocycles. The Kier molecular flexibility index (Phi) is 25.0. The molecule has 0 aliphatic carbocycles. The Hall–Kier alpha value is 0.870. The summed E-state index contributed by atoms with van der Waals surface area (Å²) in [5.41, 5.74) is 0. The van der Waals surface area contributed by atoms with Crippen LogP contribution < -0.4 is 29.6 Å². The Balaban J connectivity index is 0. The van der Waals surface area contributed by atoms with Gasteiger partial charge in [0.2, 0.25) is 0 Å². The Morgan fingerprint density at radius 1 is 0.643 bits per heavy atom. The Labute approximate surface area is 197 Å². The molecule has 164 valence electrons. The van der Waals surface area contributed by atoms with E-state index in [2.05, 4.69) is 6.92 Å². The minimum atomic E-state index is -4.17. The van der Waals surface area contributed by atoms with Crippen LogP contribution in [-0.2, 0) is 10.1 Å². The Morgan fingerprint density at radius 2 is 0.964 bits per heavy atom. The molecule has 0 rings (SSSR count). The second-order valence-corrected chi connectivity index (χ2v) is 9.72. The first kappa shape index (κ1) is 31.1. The van der Waals surface area contributed by atoms with E-state index in [-0.39, 0.29) is 36.2 Å². The van der Waals surface area contributed by atoms with Crippen molar-refractivity contribution < 1.29 is 47.6 Å². The van der Waals surface area contributed by atoms with Crippen LogP contribution in [0.4, 0.5) is 0 Å². The molecule has 0 fully saturated rings. The van der Waals surface area contributed by atoms with Gasteiger partial charge < -0.3 is 9.66 Å². The summed E-state index contributed by atoms with van der Waals surface area (Å²) >= 11 is 0. The standard InChI is InChI=1S/C22H46O4S.Na/c1-2-3-4-5-6-7-8-9-10-11-13-16-19-22(27(24,25)26)20-17-14-12-15-18-21-23;/h22-23H,2-21H2,1H3,(H,24,25,26);/q;+1/p-1. The van der Waals surface area contributed by atoms with Crippen LogP contribution in [0.1, 0.15) is 129 Å². The van der Waals surface area contributed by atoms with Crippen molar-refractivity contribution in [1.82, 2.24) is 0 Å². The van der Waals surface area contributed by atoms with Crippen molar-refractivity contribution in [3.05, 3.63) is 0 Å². The summed E-state index contributed by atoms with van der Waals surface area (Å²) in [5.74, 6) is 0. The Bertz CT molecular complexity index is 401. The van der Waals surface area contributed by atoms with Gasteiger partial charge in [0.05, 0.1) is 10.1 Å². The third-order valence-corrected chi connectivity index (χ3v) is 6.76. The smallest absolute Gasteiger partial charge is 0.748 e. The first-order valence-corrected chi connectivity index (χ1v) is 13.0. The van der Waals surface area contributed by atoms with Gasteiger partial charge in [-0.1, -0.05) is 110 Å². The van der Waals surface area contributed by atoms with Crippen molar-refractivity contribution in [2.75, 3.05) is 6.61 Å². The summed E-state index contributed by atoms with van der Waals surface area (Å²) in [6.45, 7) is 2.46. The average molecular weight is 429 g/mol. The van der Waals surface area contributed by atoms with E-state index >= 15 is 0 Å². The fourth-order valence-corrected chi connectivity index (χ4v) is 4.57. The van der Waals surface area contributed by atoms with Crippen molar-refractivity contribution in [3.8, 4) is 0 Å². The first-order chi connectivity index (χ1) is 13.0. The predicted octanol–water partition coefficient (Wildman–Crippen LogP) is 3.33. The SMILES string of the molecule is CCCCCCCCCCCCCCC(CCCCCCCO)S(=O)(=O)[O-].[Na+]. The average Bonchev–Trinajstić information content (AvgIpc) is 2.62. The van der Waals surface area contributed by atoms with Gasteiger partial charge in [-0.15, -0.1) is 0 Å². The van der Waals surface area contributed by atoms with Crippen LogP contribution in [0.3, 0.4) is 0 Å². The molecule has 0 saturated carbocycles. The fourth-order valence-electron chi connectivity index (χ4n) is 3.66. The zero-order chi connectivity index (χ0) is 20.2. The van der Waals surface area contributed by atoms with Gasteiger partial charge in [0, 0.05) is 11.9 Å². The van der Waals surface area contributed by atoms with E-state index in [1.54, 1.807) is 0 Å². The van der Waals surface area contributed by atoms with Crippen molar-refractivity contribution in [3.63, 3.8) is 0 Å². The third-order valence-electron chi connectivity index (χ3n) is 5.47. The topological polar surface area (TPSA) is 77.4 Å². The first-order valence-electron chi connectivity index (χ1n) is 11.6. The maximum Gasteiger partial charge on any atom is 1.00 e. The maximum absolute atomic E-state index is 11.4. The number of hydrogen-bond donors (Lipinski definition) is 1. The summed E-state index contributed by atoms with van der Waals surface area (Å²) in [6, 6.07) is 0. The zero-order valence-corrected chi connectivity index (χ0v) is 21.6. The summed E-state index contributed by atoms with van der Waals surface area (Å²) < 4.78 is 34.3. The molecular weight excluding hydrogens is 383 g/mol. The molecule has 0 amide bonds. The number of hydrogen-bond acceptors (Lipinski definition) is 4. The van der Waals surface area contributed by atoms with Crippen molar-refractivity contribution in [2.24, 2.45) is 0 Å². The van der Waals surface area contributed by atoms with E-state index in [1.165, 1.54) is 57.8 Å². The third kappa shape index (κ3) is 21.6. The summed E-state index contributed by atoms with van der Waals surface area (Å²) in [4.78, 5) is 0. The van der Waals surface area contributed by atoms with Crippen LogP contribution in [0, 0.1) is 0 Å². The van der Waals surface area contributed by atoms with Crippen molar-refractivity contribution in [2.45, 2.75) is 134 Å². The molecule has 0 spiro atoms. The Morgan fingerprint density at radius 3 is 1.29 bits per heavy atom. The van der Waals surface area contributed by atoms with E-state index in [1.807, 2.05) is 0 Å². The minimum absolute atomic E-state index is 0. The van der Waals surface area contributed by atoms with Crippen LogP contribution in [0.2, 0.25) is 0 Å². The van der Waals surface area contributed by atoms with Gasteiger partial charge in [-0.25, -0.2) is 8.42 Å². The molecule has 0 radical (unpaired) electrons. The fraction of sp³-hybridized carbons (Fsp3) is 1.00. The van der Waals surface area contributed by atoms with E-state index in [0.29, 0.717) is 12.8 Å². The van der Waals surface area contributed by atoms with Gasteiger partial charge in [0.25, 0.3) is 0 Å². The normalized spacial score (nSPS) is 12.7. The summed E-state index contributed by atoms with van der Waals surface area (Å²) in [5, 5.41) is 8.04. The van der Waals surface area contributed by atoms with Crippen molar-refractivity contribution in [1.29, 1.82) is 0 Å². The monoisotopic (exact) mass is 428 g/mol. The molecule has 28 heavy (non-hydrogen) atoms. The second kappa shape index (κ2) is 22.6. The molecule has 4 nitrogen and oxygen atoms in total. The van der Waals surface area contributed by atoms with Crippen LogP contribution >= 0.6 is 0 Å². The number of aliphatic hydroxyl groups is 1. The summed E-state index contributed by atoms with van der Waals surface area (Å²) in [6.07, 6.45) is 20.6. The minimum Gasteiger partial charge on any atom is -0.748 e. The molecule has 0 aliphatic heterocycles. The molecule has 0 aromatic heterocycles. The number of unbranched alkanes of at least 4 members (excludes halogenated alkanes) is 15. The molecule has 0 bridgehead atoms. The molecule has 0 aromatic rings. The molecule has 1 unspecified atom stereocenters. The van der Waals surface area contributed by atoms with Gasteiger partial charge in [-0.05, 0) is 19.3 Å². The zero-order valence-electron chi connectivity index (χ0n) is 18.8. The number of aliphatic hydroxyl groups excluding tert-OH is 1. The van der Waals surface area contributed by atoms with Crippen LogP contribution in [-0.4, -0.2) is 29.9 Å². The van der Waals surface area contributed by atoms with Crippen molar-refractivity contribution >= 4 is 10.1 Å². The molecule has 0 saturated heterocycles. The van der Waals surface area contributed by atoms with Gasteiger partial charge >= 0.3 is 29.6 Å². The second-order valence-electron chi connectivity index (χ2n) is 8.07. The van der Waals surface area contributed by atoms with E-state index in [4.69, 9.17) is 5.11 Å². The molecular formula is C22H45NaO4S. The van der Waals surface area contributed by atoms with Crippen LogP contribution in [0.15, 0.2) is 0 Å². The molecule has 6 heteroatoms. The number of rotatable bonds is 21. The van der Waals surface area contributed by atoms with Gasteiger partial charge in [0.15, 0.2) is 0 Å². The maximum atomic E-state index is 11.4. The van der Waals surface area contributed by atoms with Gasteiger partial charge in [-0.3, -0.25) is 0 Å². The van der Waals surface area contributed by atoms with E-state index in [0.717, 1.165) is 51.4 Å².